The molecule has 0 atom stereocenters. The molecule has 0 unspecified atom stereocenters. The van der Waals surface area contributed by atoms with E-state index in [1.807, 2.05) is 48.5 Å². The summed E-state index contributed by atoms with van der Waals surface area (Å²) in [6, 6.07) is 18.1. The summed E-state index contributed by atoms with van der Waals surface area (Å²) >= 11 is 0. The van der Waals surface area contributed by atoms with Crippen molar-refractivity contribution in [3.05, 3.63) is 67.3 Å². The van der Waals surface area contributed by atoms with Crippen LogP contribution in [0.3, 0.4) is 0 Å². The Morgan fingerprint density at radius 1 is 1.09 bits per heavy atom. The summed E-state index contributed by atoms with van der Waals surface area (Å²) in [5.74, 6) is 1.66. The lowest BCUT2D eigenvalue weighted by Gasteiger charge is -2.05. The molecule has 118 valence electrons. The molecule has 23 heavy (non-hydrogen) atoms. The normalized spacial score (nSPS) is 10.8. The summed E-state index contributed by atoms with van der Waals surface area (Å²) in [6.45, 7) is 6.01. The number of fused-ring (bicyclic) bond motifs is 1. The highest BCUT2D eigenvalue weighted by atomic mass is 16.5. The number of benzene rings is 2. The molecule has 0 bridgehead atoms. The second kappa shape index (κ2) is 7.01. The van der Waals surface area contributed by atoms with Crippen molar-refractivity contribution in [3.63, 3.8) is 0 Å². The first-order valence-electron chi connectivity index (χ1n) is 7.86. The first-order valence-corrected chi connectivity index (χ1v) is 7.86. The molecule has 0 aliphatic carbocycles. The quantitative estimate of drug-likeness (QED) is 0.414. The Bertz CT molecular complexity index is 793. The fourth-order valence-electron chi connectivity index (χ4n) is 2.80. The summed E-state index contributed by atoms with van der Waals surface area (Å²) in [7, 11) is 0. The highest BCUT2D eigenvalue weighted by molar-refractivity contribution is 5.73. The van der Waals surface area contributed by atoms with Crippen LogP contribution in [0.15, 0.2) is 67.3 Å². The fraction of sp³-hybridized carbons (Fsp3) is 0.211. The number of para-hydroxylation sites is 3. The topological polar surface area (TPSA) is 44.1 Å². The van der Waals surface area contributed by atoms with E-state index in [2.05, 4.69) is 27.8 Å². The maximum atomic E-state index is 6.33. The number of aryl methyl sites for hydroxylation is 1. The van der Waals surface area contributed by atoms with Crippen molar-refractivity contribution in [3.8, 4) is 5.75 Å². The van der Waals surface area contributed by atoms with Gasteiger partial charge in [-0.15, -0.1) is 0 Å². The van der Waals surface area contributed by atoms with Crippen molar-refractivity contribution in [2.45, 2.75) is 19.5 Å². The molecular formula is C19H22N3O+. The van der Waals surface area contributed by atoms with Crippen LogP contribution in [0.1, 0.15) is 6.42 Å². The second-order valence-electron chi connectivity index (χ2n) is 5.41. The van der Waals surface area contributed by atoms with Crippen LogP contribution in [-0.4, -0.2) is 11.2 Å². The minimum absolute atomic E-state index is 0.664. The molecule has 0 saturated carbocycles. The Labute approximate surface area is 136 Å². The number of hydrogen-bond acceptors (Lipinski definition) is 2. The smallest absolute Gasteiger partial charge is 0.356 e. The van der Waals surface area contributed by atoms with Crippen molar-refractivity contribution in [1.82, 2.24) is 4.57 Å². The maximum absolute atomic E-state index is 6.33. The van der Waals surface area contributed by atoms with Gasteiger partial charge in [0.1, 0.15) is 16.8 Å². The molecule has 2 N–H and O–H groups in total. The number of nitrogen functional groups attached to an aromatic ring is 1. The molecule has 0 spiro atoms. The van der Waals surface area contributed by atoms with Gasteiger partial charge in [-0.1, -0.05) is 43.0 Å². The van der Waals surface area contributed by atoms with E-state index in [-0.39, 0.29) is 0 Å². The zero-order chi connectivity index (χ0) is 16.1. The minimum atomic E-state index is 0.664. The zero-order valence-corrected chi connectivity index (χ0v) is 13.2. The Kier molecular flexibility index (Phi) is 4.62. The number of imidazole rings is 1. The number of ether oxygens (including phenoxy) is 1. The Morgan fingerprint density at radius 2 is 1.83 bits per heavy atom. The van der Waals surface area contributed by atoms with Crippen LogP contribution in [0, 0.1) is 0 Å². The van der Waals surface area contributed by atoms with E-state index < -0.39 is 0 Å². The molecule has 0 fully saturated rings. The number of rotatable bonds is 7. The molecule has 0 radical (unpaired) electrons. The summed E-state index contributed by atoms with van der Waals surface area (Å²) < 4.78 is 9.99. The first kappa shape index (κ1) is 15.2. The molecule has 3 rings (SSSR count). The van der Waals surface area contributed by atoms with Gasteiger partial charge in [0, 0.05) is 6.42 Å². The molecule has 1 heterocycles. The van der Waals surface area contributed by atoms with Gasteiger partial charge in [0.2, 0.25) is 0 Å². The Hall–Kier alpha value is -2.75. The number of hydrogen-bond donors (Lipinski definition) is 1. The van der Waals surface area contributed by atoms with E-state index in [0.717, 1.165) is 35.7 Å². The molecule has 0 aliphatic rings. The Balaban J connectivity index is 1.72. The van der Waals surface area contributed by atoms with Gasteiger partial charge in [0.25, 0.3) is 0 Å². The lowest BCUT2D eigenvalue weighted by molar-refractivity contribution is -0.657. The Morgan fingerprint density at radius 3 is 2.61 bits per heavy atom. The first-order chi connectivity index (χ1) is 11.3. The van der Waals surface area contributed by atoms with E-state index in [4.69, 9.17) is 10.5 Å². The minimum Gasteiger partial charge on any atom is -0.493 e. The lowest BCUT2D eigenvalue weighted by atomic mass is 10.3. The van der Waals surface area contributed by atoms with Crippen LogP contribution in [0.2, 0.25) is 0 Å². The monoisotopic (exact) mass is 308 g/mol. The van der Waals surface area contributed by atoms with Crippen LogP contribution < -0.4 is 15.0 Å². The summed E-state index contributed by atoms with van der Waals surface area (Å²) in [5, 5.41) is 0. The van der Waals surface area contributed by atoms with E-state index in [9.17, 15) is 0 Å². The lowest BCUT2D eigenvalue weighted by Crippen LogP contribution is -2.37. The van der Waals surface area contributed by atoms with E-state index in [1.165, 1.54) is 0 Å². The van der Waals surface area contributed by atoms with Crippen LogP contribution in [0.5, 0.6) is 5.75 Å². The highest BCUT2D eigenvalue weighted by Gasteiger charge is 2.19. The third-order valence-electron chi connectivity index (χ3n) is 3.87. The summed E-state index contributed by atoms with van der Waals surface area (Å²) in [6.07, 6.45) is 2.76. The van der Waals surface area contributed by atoms with Crippen molar-refractivity contribution >= 4 is 17.0 Å². The zero-order valence-electron chi connectivity index (χ0n) is 13.2. The van der Waals surface area contributed by atoms with Gasteiger partial charge in [-0.3, -0.25) is 5.73 Å². The van der Waals surface area contributed by atoms with Gasteiger partial charge >= 0.3 is 5.95 Å². The predicted molar refractivity (Wildman–Crippen MR) is 93.3 cm³/mol. The molecule has 0 saturated heterocycles. The maximum Gasteiger partial charge on any atom is 0.356 e. The number of nitrogens with two attached hydrogens (primary N) is 1. The number of anilines is 1. The van der Waals surface area contributed by atoms with Crippen LogP contribution in [0.4, 0.5) is 5.95 Å². The van der Waals surface area contributed by atoms with Crippen molar-refractivity contribution < 1.29 is 9.30 Å². The standard InChI is InChI=1S/C19H21N3O/c1-2-13-21-17-11-6-7-12-18(17)22(19(21)20)14-8-15-23-16-9-4-3-5-10-16/h2-7,9-12,20H,1,8,13-15H2/p+1. The third kappa shape index (κ3) is 3.21. The average Bonchev–Trinajstić information content (AvgIpc) is 2.86. The molecule has 0 aliphatic heterocycles. The second-order valence-corrected chi connectivity index (χ2v) is 5.41. The van der Waals surface area contributed by atoms with Crippen LogP contribution >= 0.6 is 0 Å². The average molecular weight is 308 g/mol. The molecular weight excluding hydrogens is 286 g/mol. The number of allylic oxidation sites excluding steroid dienone is 1. The van der Waals surface area contributed by atoms with Crippen molar-refractivity contribution in [2.75, 3.05) is 12.3 Å². The number of nitrogens with zero attached hydrogens (tertiary/aromatic N) is 2. The van der Waals surface area contributed by atoms with Gasteiger partial charge in [-0.05, 0) is 24.3 Å². The summed E-state index contributed by atoms with van der Waals surface area (Å²) in [5.41, 5.74) is 8.61. The van der Waals surface area contributed by atoms with Crippen LogP contribution in [0.25, 0.3) is 11.0 Å². The van der Waals surface area contributed by atoms with Crippen molar-refractivity contribution in [2.24, 2.45) is 0 Å². The molecule has 0 amide bonds. The predicted octanol–water partition coefficient (Wildman–Crippen LogP) is 3.17. The van der Waals surface area contributed by atoms with Gasteiger partial charge in [0.05, 0.1) is 19.7 Å². The number of aromatic nitrogens is 2. The van der Waals surface area contributed by atoms with E-state index >= 15 is 0 Å². The van der Waals surface area contributed by atoms with Gasteiger partial charge in [-0.2, -0.15) is 0 Å². The SMILES string of the molecule is C=CCn1c(N)[n+](CCCOc2ccccc2)c2ccccc21. The van der Waals surface area contributed by atoms with Gasteiger partial charge < -0.3 is 4.74 Å². The van der Waals surface area contributed by atoms with Crippen molar-refractivity contribution in [1.29, 1.82) is 0 Å². The third-order valence-corrected chi connectivity index (χ3v) is 3.87. The summed E-state index contributed by atoms with van der Waals surface area (Å²) in [4.78, 5) is 0. The molecule has 2 aromatic carbocycles. The van der Waals surface area contributed by atoms with Crippen LogP contribution in [-0.2, 0) is 13.1 Å². The van der Waals surface area contributed by atoms with E-state index in [1.54, 1.807) is 0 Å². The van der Waals surface area contributed by atoms with Gasteiger partial charge in [0.15, 0.2) is 0 Å². The van der Waals surface area contributed by atoms with E-state index in [0.29, 0.717) is 13.2 Å². The molecule has 1 aromatic heterocycles. The fourth-order valence-corrected chi connectivity index (χ4v) is 2.80. The molecule has 4 heteroatoms. The largest absolute Gasteiger partial charge is 0.493 e. The van der Waals surface area contributed by atoms with Gasteiger partial charge in [-0.25, -0.2) is 9.13 Å². The highest BCUT2D eigenvalue weighted by Crippen LogP contribution is 2.16. The molecule has 3 aromatic rings. The molecule has 4 nitrogen and oxygen atoms in total.